The molecule has 0 bridgehead atoms. The summed E-state index contributed by atoms with van der Waals surface area (Å²) in [7, 11) is 0. The molecule has 2 aliphatic heterocycles. The summed E-state index contributed by atoms with van der Waals surface area (Å²) in [6, 6.07) is 15.5. The highest BCUT2D eigenvalue weighted by atomic mass is 16.5. The number of nitrogens with one attached hydrogen (secondary N) is 2. The number of urea groups is 1. The van der Waals surface area contributed by atoms with Crippen LogP contribution in [-0.4, -0.2) is 55.1 Å². The van der Waals surface area contributed by atoms with Crippen molar-refractivity contribution in [3.05, 3.63) is 54.6 Å². The minimum Gasteiger partial charge on any atom is -0.370 e. The molecule has 156 valence electrons. The van der Waals surface area contributed by atoms with Crippen molar-refractivity contribution in [2.24, 2.45) is 0 Å². The number of ether oxygens (including phenoxy) is 1. The van der Waals surface area contributed by atoms with E-state index in [-0.39, 0.29) is 24.5 Å². The number of rotatable bonds is 4. The van der Waals surface area contributed by atoms with Gasteiger partial charge in [0.1, 0.15) is 12.6 Å². The Hall–Kier alpha value is -3.39. The second kappa shape index (κ2) is 8.96. The molecule has 2 N–H and O–H groups in total. The van der Waals surface area contributed by atoms with Crippen molar-refractivity contribution >= 4 is 34.9 Å². The molecule has 0 aromatic heterocycles. The Bertz CT molecular complexity index is 916. The van der Waals surface area contributed by atoms with E-state index >= 15 is 0 Å². The van der Waals surface area contributed by atoms with Crippen LogP contribution in [0.3, 0.4) is 0 Å². The molecule has 0 aliphatic carbocycles. The first-order valence-electron chi connectivity index (χ1n) is 10.0. The Balaban J connectivity index is 1.37. The van der Waals surface area contributed by atoms with Crippen LogP contribution in [0.25, 0.3) is 0 Å². The van der Waals surface area contributed by atoms with E-state index in [4.69, 9.17) is 4.74 Å². The van der Waals surface area contributed by atoms with Gasteiger partial charge in [-0.15, -0.1) is 0 Å². The van der Waals surface area contributed by atoms with Gasteiger partial charge in [-0.2, -0.15) is 0 Å². The number of hydrogen-bond acceptors (Lipinski definition) is 4. The van der Waals surface area contributed by atoms with E-state index in [9.17, 15) is 14.4 Å². The van der Waals surface area contributed by atoms with Crippen LogP contribution < -0.4 is 15.5 Å². The van der Waals surface area contributed by atoms with Gasteiger partial charge in [-0.1, -0.05) is 18.2 Å². The van der Waals surface area contributed by atoms with Gasteiger partial charge in [-0.25, -0.2) is 4.79 Å². The molecule has 30 heavy (non-hydrogen) atoms. The molecule has 0 saturated carbocycles. The zero-order valence-electron chi connectivity index (χ0n) is 16.5. The smallest absolute Gasteiger partial charge is 0.322 e. The molecule has 4 rings (SSSR count). The highest BCUT2D eigenvalue weighted by Gasteiger charge is 2.34. The van der Waals surface area contributed by atoms with Gasteiger partial charge in [0.05, 0.1) is 6.61 Å². The van der Waals surface area contributed by atoms with E-state index in [1.54, 1.807) is 34.1 Å². The van der Waals surface area contributed by atoms with E-state index in [0.29, 0.717) is 37.5 Å². The van der Waals surface area contributed by atoms with Crippen molar-refractivity contribution in [1.82, 2.24) is 4.90 Å². The minimum atomic E-state index is -0.519. The molecule has 2 aromatic rings. The van der Waals surface area contributed by atoms with E-state index < -0.39 is 6.04 Å². The molecular formula is C22H24N4O4. The number of hydrogen-bond donors (Lipinski definition) is 2. The number of amides is 4. The molecule has 2 heterocycles. The lowest BCUT2D eigenvalue weighted by Crippen LogP contribution is -2.45. The normalized spacial score (nSPS) is 18.9. The summed E-state index contributed by atoms with van der Waals surface area (Å²) in [4.78, 5) is 40.6. The maximum Gasteiger partial charge on any atom is 0.322 e. The summed E-state index contributed by atoms with van der Waals surface area (Å²) in [5.74, 6) is -0.296. The van der Waals surface area contributed by atoms with Crippen LogP contribution in [0.1, 0.15) is 12.8 Å². The Morgan fingerprint density at radius 2 is 1.67 bits per heavy atom. The number of para-hydroxylation sites is 1. The van der Waals surface area contributed by atoms with E-state index in [0.717, 1.165) is 12.1 Å². The summed E-state index contributed by atoms with van der Waals surface area (Å²) < 4.78 is 5.15. The average Bonchev–Trinajstić information content (AvgIpc) is 3.26. The summed E-state index contributed by atoms with van der Waals surface area (Å²) in [6.45, 7) is 1.64. The SMILES string of the molecule is O=C(Nc1ccc(N2CCOCC2=O)cc1)C1CCCN1C(=O)Nc1ccccc1. The van der Waals surface area contributed by atoms with Gasteiger partial charge in [0.15, 0.2) is 0 Å². The lowest BCUT2D eigenvalue weighted by atomic mass is 10.2. The van der Waals surface area contributed by atoms with Crippen LogP contribution in [0.2, 0.25) is 0 Å². The maximum absolute atomic E-state index is 12.8. The van der Waals surface area contributed by atoms with Crippen LogP contribution in [0.5, 0.6) is 0 Å². The molecule has 0 spiro atoms. The van der Waals surface area contributed by atoms with Gasteiger partial charge in [-0.3, -0.25) is 9.59 Å². The first-order valence-corrected chi connectivity index (χ1v) is 10.0. The molecule has 2 aromatic carbocycles. The van der Waals surface area contributed by atoms with Gasteiger partial charge in [0.25, 0.3) is 5.91 Å². The van der Waals surface area contributed by atoms with Gasteiger partial charge >= 0.3 is 6.03 Å². The predicted octanol–water partition coefficient (Wildman–Crippen LogP) is 2.68. The third kappa shape index (κ3) is 4.44. The highest BCUT2D eigenvalue weighted by molar-refractivity contribution is 6.00. The lowest BCUT2D eigenvalue weighted by molar-refractivity contribution is -0.125. The van der Waals surface area contributed by atoms with Crippen LogP contribution in [0, 0.1) is 0 Å². The quantitative estimate of drug-likeness (QED) is 0.814. The molecule has 4 amide bonds. The number of carbonyl (C=O) groups excluding carboxylic acids is 3. The minimum absolute atomic E-state index is 0.0796. The molecule has 0 radical (unpaired) electrons. The number of likely N-dealkylation sites (tertiary alicyclic amines) is 1. The third-order valence-corrected chi connectivity index (χ3v) is 5.27. The van der Waals surface area contributed by atoms with Gasteiger partial charge < -0.3 is 25.2 Å². The zero-order chi connectivity index (χ0) is 20.9. The number of anilines is 3. The van der Waals surface area contributed by atoms with Crippen LogP contribution in [-0.2, 0) is 14.3 Å². The molecule has 2 fully saturated rings. The number of carbonyl (C=O) groups is 3. The van der Waals surface area contributed by atoms with E-state index in [1.807, 2.05) is 30.3 Å². The van der Waals surface area contributed by atoms with Gasteiger partial charge in [0, 0.05) is 30.2 Å². The van der Waals surface area contributed by atoms with E-state index in [1.165, 1.54) is 0 Å². The monoisotopic (exact) mass is 408 g/mol. The van der Waals surface area contributed by atoms with Crippen molar-refractivity contribution < 1.29 is 19.1 Å². The fraction of sp³-hybridized carbons (Fsp3) is 0.318. The molecular weight excluding hydrogens is 384 g/mol. The van der Waals surface area contributed by atoms with Crippen LogP contribution in [0.15, 0.2) is 54.6 Å². The summed E-state index contributed by atoms with van der Waals surface area (Å²) in [5.41, 5.74) is 2.09. The van der Waals surface area contributed by atoms with Crippen molar-refractivity contribution in [1.29, 1.82) is 0 Å². The summed E-state index contributed by atoms with van der Waals surface area (Å²) in [5, 5.41) is 5.73. The topological polar surface area (TPSA) is 91.0 Å². The first kappa shape index (κ1) is 19.9. The fourth-order valence-electron chi connectivity index (χ4n) is 3.74. The molecule has 1 unspecified atom stereocenters. The van der Waals surface area contributed by atoms with Crippen molar-refractivity contribution in [3.8, 4) is 0 Å². The predicted molar refractivity (Wildman–Crippen MR) is 113 cm³/mol. The number of nitrogens with zero attached hydrogens (tertiary/aromatic N) is 2. The average molecular weight is 408 g/mol. The number of benzene rings is 2. The maximum atomic E-state index is 12.8. The molecule has 2 saturated heterocycles. The summed E-state index contributed by atoms with van der Waals surface area (Å²) in [6.07, 6.45) is 1.40. The van der Waals surface area contributed by atoms with Crippen LogP contribution in [0.4, 0.5) is 21.9 Å². The van der Waals surface area contributed by atoms with Crippen molar-refractivity contribution in [2.45, 2.75) is 18.9 Å². The standard InChI is InChI=1S/C22H24N4O4/c27-20-15-30-14-13-25(20)18-10-8-17(9-11-18)23-21(28)19-7-4-12-26(19)22(29)24-16-5-2-1-3-6-16/h1-3,5-6,8-11,19H,4,7,12-15H2,(H,23,28)(H,24,29). The Morgan fingerprint density at radius 1 is 0.933 bits per heavy atom. The van der Waals surface area contributed by atoms with Crippen LogP contribution >= 0.6 is 0 Å². The fourth-order valence-corrected chi connectivity index (χ4v) is 3.74. The highest BCUT2D eigenvalue weighted by Crippen LogP contribution is 2.23. The van der Waals surface area contributed by atoms with E-state index in [2.05, 4.69) is 10.6 Å². The lowest BCUT2D eigenvalue weighted by Gasteiger charge is -2.27. The van der Waals surface area contributed by atoms with Crippen molar-refractivity contribution in [3.63, 3.8) is 0 Å². The molecule has 2 aliphatic rings. The summed E-state index contributed by atoms with van der Waals surface area (Å²) >= 11 is 0. The Labute approximate surface area is 174 Å². The van der Waals surface area contributed by atoms with Gasteiger partial charge in [0.2, 0.25) is 5.91 Å². The Morgan fingerprint density at radius 3 is 2.40 bits per heavy atom. The van der Waals surface area contributed by atoms with Gasteiger partial charge in [-0.05, 0) is 49.2 Å². The second-order valence-electron chi connectivity index (χ2n) is 7.28. The molecule has 8 nitrogen and oxygen atoms in total. The molecule has 8 heteroatoms. The number of morpholine rings is 1. The Kier molecular flexibility index (Phi) is 5.94. The first-order chi connectivity index (χ1) is 14.6. The molecule has 1 atom stereocenters. The largest absolute Gasteiger partial charge is 0.370 e. The van der Waals surface area contributed by atoms with Crippen molar-refractivity contribution in [2.75, 3.05) is 41.8 Å². The third-order valence-electron chi connectivity index (χ3n) is 5.27. The zero-order valence-corrected chi connectivity index (χ0v) is 16.5. The second-order valence-corrected chi connectivity index (χ2v) is 7.28.